The minimum Gasteiger partial charge on any atom is -0.497 e. The summed E-state index contributed by atoms with van der Waals surface area (Å²) in [7, 11) is 1.57. The molecule has 0 aliphatic rings. The summed E-state index contributed by atoms with van der Waals surface area (Å²) < 4.78 is 5.08. The van der Waals surface area contributed by atoms with Crippen molar-refractivity contribution < 1.29 is 14.3 Å². The Hall–Kier alpha value is -3.12. The first-order valence-corrected chi connectivity index (χ1v) is 8.44. The quantitative estimate of drug-likeness (QED) is 0.721. The zero-order valence-electron chi connectivity index (χ0n) is 13.5. The van der Waals surface area contributed by atoms with E-state index in [2.05, 4.69) is 10.6 Å². The number of benzene rings is 2. The summed E-state index contributed by atoms with van der Waals surface area (Å²) in [5, 5.41) is 7.88. The molecule has 0 fully saturated rings. The number of para-hydroxylation sites is 1. The number of rotatable bonds is 5. The second-order valence-corrected chi connectivity index (χ2v) is 6.08. The molecule has 126 valence electrons. The van der Waals surface area contributed by atoms with Gasteiger partial charge < -0.3 is 15.4 Å². The Balaban J connectivity index is 1.72. The van der Waals surface area contributed by atoms with Gasteiger partial charge in [-0.3, -0.25) is 9.59 Å². The number of anilines is 2. The maximum atomic E-state index is 12.4. The van der Waals surface area contributed by atoms with Crippen LogP contribution in [0.2, 0.25) is 0 Å². The first-order valence-electron chi connectivity index (χ1n) is 7.56. The van der Waals surface area contributed by atoms with E-state index in [1.165, 1.54) is 11.3 Å². The molecule has 3 aromatic rings. The molecule has 2 aromatic carbocycles. The molecule has 0 atom stereocenters. The number of carbonyl (C=O) groups is 2. The van der Waals surface area contributed by atoms with Crippen LogP contribution in [0.3, 0.4) is 0 Å². The van der Waals surface area contributed by atoms with Crippen LogP contribution in [-0.2, 0) is 0 Å². The van der Waals surface area contributed by atoms with Crippen LogP contribution in [0.1, 0.15) is 20.7 Å². The molecule has 2 amide bonds. The van der Waals surface area contributed by atoms with E-state index in [4.69, 9.17) is 4.74 Å². The van der Waals surface area contributed by atoms with Gasteiger partial charge in [0, 0.05) is 11.3 Å². The summed E-state index contributed by atoms with van der Waals surface area (Å²) in [6.07, 6.45) is 0. The van der Waals surface area contributed by atoms with Crippen molar-refractivity contribution in [1.29, 1.82) is 0 Å². The summed E-state index contributed by atoms with van der Waals surface area (Å²) in [6, 6.07) is 17.6. The molecule has 0 radical (unpaired) electrons. The summed E-state index contributed by atoms with van der Waals surface area (Å²) in [4.78, 5) is 24.8. The molecule has 0 unspecified atom stereocenters. The minimum absolute atomic E-state index is 0.266. The van der Waals surface area contributed by atoms with E-state index in [1.807, 2.05) is 18.2 Å². The fourth-order valence-corrected chi connectivity index (χ4v) is 3.00. The topological polar surface area (TPSA) is 67.4 Å². The van der Waals surface area contributed by atoms with Crippen LogP contribution >= 0.6 is 11.3 Å². The summed E-state index contributed by atoms with van der Waals surface area (Å²) in [5.41, 5.74) is 1.62. The number of hydrogen-bond acceptors (Lipinski definition) is 4. The zero-order valence-corrected chi connectivity index (χ0v) is 14.3. The average Bonchev–Trinajstić information content (AvgIpc) is 3.11. The normalized spacial score (nSPS) is 10.1. The van der Waals surface area contributed by atoms with Gasteiger partial charge in [0.05, 0.1) is 12.7 Å². The standard InChI is InChI=1S/C19H16N2O3S/c1-24-15-9-7-13(8-10-15)17(22)21-19-16(11-12-25-19)18(23)20-14-5-3-2-4-6-14/h2-12H,1H3,(H,20,23)(H,21,22). The van der Waals surface area contributed by atoms with E-state index in [-0.39, 0.29) is 11.8 Å². The van der Waals surface area contributed by atoms with Gasteiger partial charge in [-0.05, 0) is 47.8 Å². The van der Waals surface area contributed by atoms with Gasteiger partial charge in [0.2, 0.25) is 0 Å². The number of carbonyl (C=O) groups excluding carboxylic acids is 2. The van der Waals surface area contributed by atoms with Gasteiger partial charge in [-0.25, -0.2) is 0 Å². The third-order valence-electron chi connectivity index (χ3n) is 3.52. The van der Waals surface area contributed by atoms with E-state index >= 15 is 0 Å². The number of nitrogens with one attached hydrogen (secondary N) is 2. The second kappa shape index (κ2) is 7.63. The van der Waals surface area contributed by atoms with E-state index in [9.17, 15) is 9.59 Å². The molecule has 0 saturated carbocycles. The minimum atomic E-state index is -0.279. The Bertz CT molecular complexity index is 873. The summed E-state index contributed by atoms with van der Waals surface area (Å²) in [5.74, 6) is 0.131. The third kappa shape index (κ3) is 4.05. The fraction of sp³-hybridized carbons (Fsp3) is 0.0526. The monoisotopic (exact) mass is 352 g/mol. The SMILES string of the molecule is COc1ccc(C(=O)Nc2sccc2C(=O)Nc2ccccc2)cc1. The van der Waals surface area contributed by atoms with Gasteiger partial charge >= 0.3 is 0 Å². The van der Waals surface area contributed by atoms with Gasteiger partial charge in [0.25, 0.3) is 11.8 Å². The Morgan fingerprint density at radius 3 is 2.28 bits per heavy atom. The maximum absolute atomic E-state index is 12.4. The third-order valence-corrected chi connectivity index (χ3v) is 4.35. The van der Waals surface area contributed by atoms with Gasteiger partial charge in [-0.1, -0.05) is 18.2 Å². The maximum Gasteiger partial charge on any atom is 0.258 e. The highest BCUT2D eigenvalue weighted by atomic mass is 32.1. The Kier molecular flexibility index (Phi) is 5.11. The Labute approximate surface area is 149 Å². The van der Waals surface area contributed by atoms with Crippen LogP contribution < -0.4 is 15.4 Å². The van der Waals surface area contributed by atoms with Crippen molar-refractivity contribution in [2.75, 3.05) is 17.7 Å². The fourth-order valence-electron chi connectivity index (χ4n) is 2.22. The smallest absolute Gasteiger partial charge is 0.258 e. The van der Waals surface area contributed by atoms with Crippen molar-refractivity contribution in [3.05, 3.63) is 77.2 Å². The molecule has 0 saturated heterocycles. The van der Waals surface area contributed by atoms with Crippen LogP contribution in [0.25, 0.3) is 0 Å². The molecule has 1 heterocycles. The van der Waals surface area contributed by atoms with Crippen molar-refractivity contribution in [3.8, 4) is 5.75 Å². The van der Waals surface area contributed by atoms with E-state index in [0.29, 0.717) is 27.6 Å². The molecular formula is C19H16N2O3S. The van der Waals surface area contributed by atoms with Crippen molar-refractivity contribution in [1.82, 2.24) is 0 Å². The largest absolute Gasteiger partial charge is 0.497 e. The van der Waals surface area contributed by atoms with Gasteiger partial charge in [0.1, 0.15) is 10.8 Å². The molecule has 6 heteroatoms. The molecule has 2 N–H and O–H groups in total. The highest BCUT2D eigenvalue weighted by Gasteiger charge is 2.16. The van der Waals surface area contributed by atoms with Gasteiger partial charge in [-0.15, -0.1) is 11.3 Å². The average molecular weight is 352 g/mol. The summed E-state index contributed by atoms with van der Waals surface area (Å²) >= 11 is 1.30. The Morgan fingerprint density at radius 2 is 1.60 bits per heavy atom. The first-order chi connectivity index (χ1) is 12.2. The van der Waals surface area contributed by atoms with Crippen LogP contribution in [0.4, 0.5) is 10.7 Å². The lowest BCUT2D eigenvalue weighted by Gasteiger charge is -2.08. The lowest BCUT2D eigenvalue weighted by molar-refractivity contribution is 0.102. The molecule has 0 spiro atoms. The van der Waals surface area contributed by atoms with Crippen LogP contribution in [0, 0.1) is 0 Å². The summed E-state index contributed by atoms with van der Waals surface area (Å²) in [6.45, 7) is 0. The molecular weight excluding hydrogens is 336 g/mol. The van der Waals surface area contributed by atoms with Crippen molar-refractivity contribution in [3.63, 3.8) is 0 Å². The van der Waals surface area contributed by atoms with E-state index < -0.39 is 0 Å². The van der Waals surface area contributed by atoms with Crippen molar-refractivity contribution in [2.24, 2.45) is 0 Å². The van der Waals surface area contributed by atoms with Crippen molar-refractivity contribution in [2.45, 2.75) is 0 Å². The second-order valence-electron chi connectivity index (χ2n) is 5.17. The highest BCUT2D eigenvalue weighted by molar-refractivity contribution is 7.14. The molecule has 0 aliphatic heterocycles. The lowest BCUT2D eigenvalue weighted by Crippen LogP contribution is -2.16. The van der Waals surface area contributed by atoms with Gasteiger partial charge in [0.15, 0.2) is 0 Å². The molecule has 0 aliphatic carbocycles. The molecule has 0 bridgehead atoms. The molecule has 5 nitrogen and oxygen atoms in total. The number of thiophene rings is 1. The molecule has 1 aromatic heterocycles. The lowest BCUT2D eigenvalue weighted by atomic mass is 10.2. The Morgan fingerprint density at radius 1 is 0.880 bits per heavy atom. The predicted octanol–water partition coefficient (Wildman–Crippen LogP) is 4.26. The molecule has 25 heavy (non-hydrogen) atoms. The van der Waals surface area contributed by atoms with E-state index in [0.717, 1.165) is 0 Å². The zero-order chi connectivity index (χ0) is 17.6. The number of hydrogen-bond donors (Lipinski definition) is 2. The number of amides is 2. The van der Waals surface area contributed by atoms with Gasteiger partial charge in [-0.2, -0.15) is 0 Å². The first kappa shape index (κ1) is 16.7. The van der Waals surface area contributed by atoms with E-state index in [1.54, 1.807) is 55.0 Å². The predicted molar refractivity (Wildman–Crippen MR) is 99.7 cm³/mol. The van der Waals surface area contributed by atoms with Crippen molar-refractivity contribution >= 4 is 33.8 Å². The van der Waals surface area contributed by atoms with Crippen LogP contribution in [-0.4, -0.2) is 18.9 Å². The van der Waals surface area contributed by atoms with Crippen LogP contribution in [0.15, 0.2) is 66.0 Å². The highest BCUT2D eigenvalue weighted by Crippen LogP contribution is 2.25. The number of methoxy groups -OCH3 is 1. The van der Waals surface area contributed by atoms with Crippen LogP contribution in [0.5, 0.6) is 5.75 Å². The molecule has 3 rings (SSSR count). The number of ether oxygens (including phenoxy) is 1.